The molecule has 0 saturated carbocycles. The van der Waals surface area contributed by atoms with Gasteiger partial charge in [0.1, 0.15) is 34.9 Å². The molecule has 9 aromatic rings. The largest absolute Gasteiger partial charge is 0.336 e. The molecule has 7 aromatic carbocycles. The van der Waals surface area contributed by atoms with Crippen LogP contribution in [0.4, 0.5) is 43.4 Å². The second-order valence-corrected chi connectivity index (χ2v) is 13.0. The molecule has 0 radical (unpaired) electrons. The summed E-state index contributed by atoms with van der Waals surface area (Å²) >= 11 is 0. The van der Waals surface area contributed by atoms with Gasteiger partial charge in [-0.1, -0.05) is 54.6 Å². The third-order valence-electron chi connectivity index (χ3n) is 9.89. The Kier molecular flexibility index (Phi) is 7.73. The first-order chi connectivity index (χ1) is 25.7. The van der Waals surface area contributed by atoms with E-state index < -0.39 is 34.9 Å². The van der Waals surface area contributed by atoms with Crippen LogP contribution in [0, 0.1) is 34.9 Å². The second-order valence-electron chi connectivity index (χ2n) is 13.0. The number of hydrogen-bond donors (Lipinski definition) is 0. The number of hydrogen-bond acceptors (Lipinski definition) is 1. The first-order valence-electron chi connectivity index (χ1n) is 16.9. The van der Waals surface area contributed by atoms with E-state index in [9.17, 15) is 26.3 Å². The van der Waals surface area contributed by atoms with Crippen LogP contribution in [0.1, 0.15) is 11.1 Å². The Morgan fingerprint density at radius 2 is 0.736 bits per heavy atom. The summed E-state index contributed by atoms with van der Waals surface area (Å²) in [6.45, 7) is -0.285. The Balaban J connectivity index is 1.21. The second kappa shape index (κ2) is 12.6. The van der Waals surface area contributed by atoms with Gasteiger partial charge in [0.05, 0.1) is 13.1 Å². The molecule has 0 spiro atoms. The highest BCUT2D eigenvalue weighted by atomic mass is 19.2. The normalized spacial score (nSPS) is 11.7. The first-order valence-corrected chi connectivity index (χ1v) is 16.9. The van der Waals surface area contributed by atoms with Crippen LogP contribution in [0.2, 0.25) is 0 Å². The molecular weight excluding hydrogens is 684 g/mol. The molecule has 0 aliphatic rings. The van der Waals surface area contributed by atoms with E-state index in [1.165, 1.54) is 0 Å². The summed E-state index contributed by atoms with van der Waals surface area (Å²) in [7, 11) is 0. The molecule has 2 aromatic heterocycles. The number of benzene rings is 7. The minimum atomic E-state index is -0.977. The number of anilines is 3. The SMILES string of the molecule is Fc1cc(F)c(Cn2c3ccccc3c3cc(N(c4ccccc4)c4ccc5c(c4)c4ccccc4n5Cc4c(F)cc(F)cc4F)ccc32)c(F)c1. The van der Waals surface area contributed by atoms with Crippen molar-refractivity contribution < 1.29 is 26.3 Å². The number of rotatable bonds is 7. The number of aromatic nitrogens is 2. The molecule has 0 aliphatic carbocycles. The minimum Gasteiger partial charge on any atom is -0.336 e. The molecule has 2 heterocycles. The molecule has 0 saturated heterocycles. The number of fused-ring (bicyclic) bond motifs is 6. The van der Waals surface area contributed by atoms with E-state index >= 15 is 0 Å². The zero-order valence-corrected chi connectivity index (χ0v) is 27.8. The number of para-hydroxylation sites is 3. The van der Waals surface area contributed by atoms with Crippen LogP contribution in [0.5, 0.6) is 0 Å². The molecule has 0 N–H and O–H groups in total. The van der Waals surface area contributed by atoms with Gasteiger partial charge < -0.3 is 14.0 Å². The zero-order valence-electron chi connectivity index (χ0n) is 27.8. The molecule has 9 heteroatoms. The number of nitrogens with zero attached hydrogens (tertiary/aromatic N) is 3. The van der Waals surface area contributed by atoms with Gasteiger partial charge in [0.2, 0.25) is 0 Å². The van der Waals surface area contributed by atoms with Gasteiger partial charge >= 0.3 is 0 Å². The van der Waals surface area contributed by atoms with Crippen LogP contribution in [0.3, 0.4) is 0 Å². The molecule has 0 aliphatic heterocycles. The summed E-state index contributed by atoms with van der Waals surface area (Å²) in [5.41, 5.74) is 5.02. The molecule has 260 valence electrons. The lowest BCUT2D eigenvalue weighted by molar-refractivity contribution is 0.518. The standard InChI is InChI=1S/C44H27F6N3/c45-26-18-37(47)35(38(48)19-26)24-51-41-12-6-4-10-31(41)33-22-29(14-16-43(33)51)53(28-8-2-1-3-9-28)30-15-17-44-34(23-30)32-11-5-7-13-42(32)52(44)25-36-39(49)20-27(46)21-40(36)50/h1-23H,24-25H2. The topological polar surface area (TPSA) is 13.1 Å². The lowest BCUT2D eigenvalue weighted by Gasteiger charge is -2.26. The van der Waals surface area contributed by atoms with Crippen LogP contribution in [0.15, 0.2) is 140 Å². The van der Waals surface area contributed by atoms with Crippen molar-refractivity contribution in [2.45, 2.75) is 13.1 Å². The van der Waals surface area contributed by atoms with E-state index in [1.807, 2.05) is 124 Å². The average Bonchev–Trinajstić information content (AvgIpc) is 3.63. The van der Waals surface area contributed by atoms with E-state index in [-0.39, 0.29) is 24.2 Å². The van der Waals surface area contributed by atoms with Gasteiger partial charge in [-0.05, 0) is 60.7 Å². The molecule has 0 fully saturated rings. The monoisotopic (exact) mass is 711 g/mol. The molecule has 3 nitrogen and oxygen atoms in total. The van der Waals surface area contributed by atoms with Gasteiger partial charge in [-0.3, -0.25) is 0 Å². The van der Waals surface area contributed by atoms with Crippen LogP contribution in [-0.2, 0) is 13.1 Å². The van der Waals surface area contributed by atoms with Crippen molar-refractivity contribution in [1.29, 1.82) is 0 Å². The van der Waals surface area contributed by atoms with E-state index in [2.05, 4.69) is 4.90 Å². The summed E-state index contributed by atoms with van der Waals surface area (Å²) in [6, 6.07) is 39.5. The number of halogens is 6. The maximum atomic E-state index is 14.9. The van der Waals surface area contributed by atoms with E-state index in [0.717, 1.165) is 60.7 Å². The van der Waals surface area contributed by atoms with E-state index in [0.29, 0.717) is 24.3 Å². The Hall–Kier alpha value is -6.48. The van der Waals surface area contributed by atoms with Gasteiger partial charge in [-0.15, -0.1) is 0 Å². The highest BCUT2D eigenvalue weighted by Gasteiger charge is 2.21. The maximum Gasteiger partial charge on any atom is 0.134 e. The summed E-state index contributed by atoms with van der Waals surface area (Å²) in [5.74, 6) is -5.77. The molecular formula is C44H27F6N3. The Morgan fingerprint density at radius 3 is 1.17 bits per heavy atom. The van der Waals surface area contributed by atoms with Gasteiger partial charge in [0, 0.05) is 96.1 Å². The lowest BCUT2D eigenvalue weighted by atomic mass is 10.1. The van der Waals surface area contributed by atoms with Crippen molar-refractivity contribution in [3.63, 3.8) is 0 Å². The highest BCUT2D eigenvalue weighted by Crippen LogP contribution is 2.41. The fraction of sp³-hybridized carbons (Fsp3) is 0.0455. The molecule has 53 heavy (non-hydrogen) atoms. The highest BCUT2D eigenvalue weighted by molar-refractivity contribution is 6.11. The van der Waals surface area contributed by atoms with Crippen molar-refractivity contribution >= 4 is 60.7 Å². The Morgan fingerprint density at radius 1 is 0.358 bits per heavy atom. The zero-order chi connectivity index (χ0) is 36.4. The fourth-order valence-electron chi connectivity index (χ4n) is 7.49. The van der Waals surface area contributed by atoms with Crippen molar-refractivity contribution in [1.82, 2.24) is 9.13 Å². The lowest BCUT2D eigenvalue weighted by Crippen LogP contribution is -2.10. The fourth-order valence-corrected chi connectivity index (χ4v) is 7.49. The average molecular weight is 712 g/mol. The molecule has 0 unspecified atom stereocenters. The van der Waals surface area contributed by atoms with Crippen LogP contribution >= 0.6 is 0 Å². The van der Waals surface area contributed by atoms with Gasteiger partial charge in [-0.25, -0.2) is 26.3 Å². The quantitative estimate of drug-likeness (QED) is 0.150. The minimum absolute atomic E-state index is 0.143. The summed E-state index contributed by atoms with van der Waals surface area (Å²) < 4.78 is 90.6. The van der Waals surface area contributed by atoms with Gasteiger partial charge in [0.15, 0.2) is 0 Å². The van der Waals surface area contributed by atoms with Gasteiger partial charge in [0.25, 0.3) is 0 Å². The smallest absolute Gasteiger partial charge is 0.134 e. The van der Waals surface area contributed by atoms with Crippen molar-refractivity contribution in [3.05, 3.63) is 186 Å². The molecule has 0 amide bonds. The summed E-state index contributed by atoms with van der Waals surface area (Å²) in [4.78, 5) is 2.09. The predicted molar refractivity (Wildman–Crippen MR) is 198 cm³/mol. The summed E-state index contributed by atoms with van der Waals surface area (Å²) in [6.07, 6.45) is 0. The Labute approximate surface area is 299 Å². The maximum absolute atomic E-state index is 14.9. The first kappa shape index (κ1) is 32.4. The van der Waals surface area contributed by atoms with Crippen molar-refractivity contribution in [2.75, 3.05) is 4.90 Å². The third-order valence-corrected chi connectivity index (χ3v) is 9.89. The molecule has 0 bridgehead atoms. The predicted octanol–water partition coefficient (Wildman–Crippen LogP) is 12.3. The van der Waals surface area contributed by atoms with E-state index in [4.69, 9.17) is 0 Å². The molecule has 9 rings (SSSR count). The van der Waals surface area contributed by atoms with Crippen LogP contribution < -0.4 is 4.90 Å². The third kappa shape index (κ3) is 5.47. The van der Waals surface area contributed by atoms with Crippen molar-refractivity contribution in [3.8, 4) is 0 Å². The van der Waals surface area contributed by atoms with Crippen molar-refractivity contribution in [2.24, 2.45) is 0 Å². The summed E-state index contributed by atoms with van der Waals surface area (Å²) in [5, 5.41) is 3.45. The van der Waals surface area contributed by atoms with Gasteiger partial charge in [-0.2, -0.15) is 0 Å². The Bertz CT molecular complexity index is 2650. The van der Waals surface area contributed by atoms with Crippen LogP contribution in [0.25, 0.3) is 43.6 Å². The van der Waals surface area contributed by atoms with Crippen LogP contribution in [-0.4, -0.2) is 9.13 Å². The van der Waals surface area contributed by atoms with E-state index in [1.54, 1.807) is 0 Å². The molecule has 0 atom stereocenters.